The van der Waals surface area contributed by atoms with Gasteiger partial charge in [0.25, 0.3) is 0 Å². The maximum atomic E-state index is 6.00. The zero-order valence-corrected chi connectivity index (χ0v) is 10.2. The Morgan fingerprint density at radius 1 is 1.44 bits per heavy atom. The molecule has 1 aliphatic heterocycles. The molecule has 2 heterocycles. The number of rotatable bonds is 2. The van der Waals surface area contributed by atoms with Crippen LogP contribution in [0.4, 0.5) is 5.95 Å². The van der Waals surface area contributed by atoms with Crippen molar-refractivity contribution in [2.75, 3.05) is 11.4 Å². The minimum Gasteiger partial charge on any atom is -0.336 e. The molecule has 1 fully saturated rings. The smallest absolute Gasteiger partial charge is 0.225 e. The number of piperidine rings is 1. The van der Waals surface area contributed by atoms with Gasteiger partial charge in [-0.1, -0.05) is 11.6 Å². The van der Waals surface area contributed by atoms with Crippen LogP contribution in [-0.4, -0.2) is 28.6 Å². The van der Waals surface area contributed by atoms with E-state index in [1.807, 2.05) is 6.92 Å². The zero-order valence-electron chi connectivity index (χ0n) is 9.43. The predicted molar refractivity (Wildman–Crippen MR) is 65.7 cm³/mol. The summed E-state index contributed by atoms with van der Waals surface area (Å²) in [4.78, 5) is 10.7. The first-order chi connectivity index (χ1) is 7.68. The molecule has 0 amide bonds. The second-order valence-corrected chi connectivity index (χ2v) is 4.75. The minimum atomic E-state index is 0.138. The molecule has 2 rings (SSSR count). The summed E-state index contributed by atoms with van der Waals surface area (Å²) in [7, 11) is 0. The molecule has 1 saturated heterocycles. The van der Waals surface area contributed by atoms with Crippen molar-refractivity contribution in [3.8, 4) is 0 Å². The van der Waals surface area contributed by atoms with Crippen molar-refractivity contribution in [1.29, 1.82) is 0 Å². The molecule has 1 aromatic rings. The van der Waals surface area contributed by atoms with Crippen LogP contribution in [-0.2, 0) is 0 Å². The maximum Gasteiger partial charge on any atom is 0.225 e. The van der Waals surface area contributed by atoms with E-state index in [1.54, 1.807) is 12.4 Å². The Hall–Kier alpha value is -0.870. The summed E-state index contributed by atoms with van der Waals surface area (Å²) in [5.41, 5.74) is 6.00. The Morgan fingerprint density at radius 2 is 2.12 bits per heavy atom. The molecule has 0 radical (unpaired) electrons. The number of hydrogen-bond acceptors (Lipinski definition) is 4. The van der Waals surface area contributed by atoms with Gasteiger partial charge in [0.05, 0.1) is 17.4 Å². The second-order valence-electron chi connectivity index (χ2n) is 4.32. The molecule has 16 heavy (non-hydrogen) atoms. The van der Waals surface area contributed by atoms with E-state index in [0.29, 0.717) is 11.1 Å². The van der Waals surface area contributed by atoms with Crippen LogP contribution < -0.4 is 10.6 Å². The predicted octanol–water partition coefficient (Wildman–Crippen LogP) is 1.84. The van der Waals surface area contributed by atoms with Gasteiger partial charge in [-0.3, -0.25) is 0 Å². The summed E-state index contributed by atoms with van der Waals surface area (Å²) in [6.07, 6.45) is 6.79. The van der Waals surface area contributed by atoms with E-state index in [1.165, 1.54) is 12.8 Å². The molecule has 0 aliphatic carbocycles. The highest BCUT2D eigenvalue weighted by molar-refractivity contribution is 6.30. The third-order valence-corrected chi connectivity index (χ3v) is 3.21. The van der Waals surface area contributed by atoms with E-state index < -0.39 is 0 Å². The van der Waals surface area contributed by atoms with Crippen LogP contribution in [0.25, 0.3) is 0 Å². The topological polar surface area (TPSA) is 55.0 Å². The lowest BCUT2D eigenvalue weighted by molar-refractivity contribution is 0.408. The van der Waals surface area contributed by atoms with Crippen LogP contribution in [0.5, 0.6) is 0 Å². The molecule has 2 atom stereocenters. The molecule has 0 spiro atoms. The summed E-state index contributed by atoms with van der Waals surface area (Å²) in [6.45, 7) is 3.02. The van der Waals surface area contributed by atoms with E-state index in [2.05, 4.69) is 14.9 Å². The van der Waals surface area contributed by atoms with Crippen LogP contribution >= 0.6 is 11.6 Å². The van der Waals surface area contributed by atoms with Crippen LogP contribution in [0.2, 0.25) is 5.02 Å². The van der Waals surface area contributed by atoms with Gasteiger partial charge < -0.3 is 10.6 Å². The van der Waals surface area contributed by atoms with Crippen LogP contribution in [0.3, 0.4) is 0 Å². The van der Waals surface area contributed by atoms with Crippen molar-refractivity contribution in [2.24, 2.45) is 5.73 Å². The molecule has 1 aromatic heterocycles. The lowest BCUT2D eigenvalue weighted by Crippen LogP contribution is -2.49. The Kier molecular flexibility index (Phi) is 3.61. The number of aromatic nitrogens is 2. The molecule has 2 N–H and O–H groups in total. The molecular formula is C11H17ClN4. The molecule has 1 aliphatic rings. The average molecular weight is 241 g/mol. The van der Waals surface area contributed by atoms with Gasteiger partial charge in [0.2, 0.25) is 5.95 Å². The van der Waals surface area contributed by atoms with Crippen molar-refractivity contribution in [3.63, 3.8) is 0 Å². The van der Waals surface area contributed by atoms with E-state index >= 15 is 0 Å². The fourth-order valence-corrected chi connectivity index (χ4v) is 2.30. The minimum absolute atomic E-state index is 0.138. The average Bonchev–Trinajstić information content (AvgIpc) is 2.30. The van der Waals surface area contributed by atoms with Gasteiger partial charge in [0.15, 0.2) is 0 Å². The van der Waals surface area contributed by atoms with Gasteiger partial charge in [-0.2, -0.15) is 0 Å². The Morgan fingerprint density at radius 3 is 2.75 bits per heavy atom. The number of nitrogens with zero attached hydrogens (tertiary/aromatic N) is 3. The van der Waals surface area contributed by atoms with Gasteiger partial charge in [0, 0.05) is 18.6 Å². The highest BCUT2D eigenvalue weighted by atomic mass is 35.5. The monoisotopic (exact) mass is 240 g/mol. The quantitative estimate of drug-likeness (QED) is 0.857. The lowest BCUT2D eigenvalue weighted by Gasteiger charge is -2.37. The van der Waals surface area contributed by atoms with Crippen LogP contribution in [0, 0.1) is 0 Å². The molecule has 0 bridgehead atoms. The first-order valence-electron chi connectivity index (χ1n) is 5.68. The maximum absolute atomic E-state index is 6.00. The number of anilines is 1. The molecule has 88 valence electrons. The molecule has 4 nitrogen and oxygen atoms in total. The number of hydrogen-bond donors (Lipinski definition) is 1. The van der Waals surface area contributed by atoms with Crippen molar-refractivity contribution in [1.82, 2.24) is 9.97 Å². The number of nitrogens with two attached hydrogens (primary N) is 1. The van der Waals surface area contributed by atoms with Crippen molar-refractivity contribution >= 4 is 17.5 Å². The standard InChI is InChI=1S/C11H17ClN4/c1-8(13)10-4-2-3-5-16(10)11-14-6-9(12)7-15-11/h6-8,10H,2-5,13H2,1H3. The van der Waals surface area contributed by atoms with Gasteiger partial charge in [0.1, 0.15) is 0 Å². The lowest BCUT2D eigenvalue weighted by atomic mass is 9.97. The van der Waals surface area contributed by atoms with E-state index in [-0.39, 0.29) is 6.04 Å². The van der Waals surface area contributed by atoms with Crippen molar-refractivity contribution in [3.05, 3.63) is 17.4 Å². The Bertz CT molecular complexity index is 338. The SMILES string of the molecule is CC(N)C1CCCCN1c1ncc(Cl)cn1. The highest BCUT2D eigenvalue weighted by Crippen LogP contribution is 2.23. The van der Waals surface area contributed by atoms with Crippen molar-refractivity contribution < 1.29 is 0 Å². The second kappa shape index (κ2) is 4.97. The summed E-state index contributed by atoms with van der Waals surface area (Å²) < 4.78 is 0. The Balaban J connectivity index is 2.19. The summed E-state index contributed by atoms with van der Waals surface area (Å²) in [6, 6.07) is 0.481. The third-order valence-electron chi connectivity index (χ3n) is 3.02. The van der Waals surface area contributed by atoms with Crippen LogP contribution in [0.15, 0.2) is 12.4 Å². The van der Waals surface area contributed by atoms with Crippen molar-refractivity contribution in [2.45, 2.75) is 38.3 Å². The van der Waals surface area contributed by atoms with Crippen LogP contribution in [0.1, 0.15) is 26.2 Å². The highest BCUT2D eigenvalue weighted by Gasteiger charge is 2.27. The molecule has 5 heteroatoms. The normalized spacial score (nSPS) is 23.2. The first kappa shape index (κ1) is 11.6. The summed E-state index contributed by atoms with van der Waals surface area (Å²) in [5, 5.41) is 0.568. The largest absolute Gasteiger partial charge is 0.336 e. The summed E-state index contributed by atoms with van der Waals surface area (Å²) >= 11 is 5.78. The van der Waals surface area contributed by atoms with Gasteiger partial charge >= 0.3 is 0 Å². The molecular weight excluding hydrogens is 224 g/mol. The van der Waals surface area contributed by atoms with Gasteiger partial charge in [-0.25, -0.2) is 9.97 Å². The van der Waals surface area contributed by atoms with E-state index in [0.717, 1.165) is 18.9 Å². The molecule has 0 aromatic carbocycles. The Labute approximate surface area is 101 Å². The fourth-order valence-electron chi connectivity index (χ4n) is 2.21. The fraction of sp³-hybridized carbons (Fsp3) is 0.636. The molecule has 0 saturated carbocycles. The first-order valence-corrected chi connectivity index (χ1v) is 6.06. The molecule has 2 unspecified atom stereocenters. The van der Waals surface area contributed by atoms with Gasteiger partial charge in [-0.15, -0.1) is 0 Å². The van der Waals surface area contributed by atoms with E-state index in [4.69, 9.17) is 17.3 Å². The third kappa shape index (κ3) is 2.44. The zero-order chi connectivity index (χ0) is 11.5. The summed E-state index contributed by atoms with van der Waals surface area (Å²) in [5.74, 6) is 0.742. The van der Waals surface area contributed by atoms with E-state index in [9.17, 15) is 0 Å². The van der Waals surface area contributed by atoms with Gasteiger partial charge in [-0.05, 0) is 26.2 Å². The number of halogens is 1.